The van der Waals surface area contributed by atoms with Gasteiger partial charge in [0.15, 0.2) is 22.3 Å². The van der Waals surface area contributed by atoms with Crippen molar-refractivity contribution >= 4 is 51.5 Å². The van der Waals surface area contributed by atoms with Gasteiger partial charge in [-0.05, 0) is 56.2 Å². The number of hydrogen-bond acceptors (Lipinski definition) is 22. The fourth-order valence-corrected chi connectivity index (χ4v) is 8.93. The lowest BCUT2D eigenvalue weighted by Gasteiger charge is -2.25. The average molecular weight is 1270 g/mol. The summed E-state index contributed by atoms with van der Waals surface area (Å²) in [5.74, 6) is -12.3. The van der Waals surface area contributed by atoms with Crippen molar-refractivity contribution in [3.8, 4) is 16.9 Å². The van der Waals surface area contributed by atoms with Gasteiger partial charge in [-0.15, -0.1) is 0 Å². The number of carbonyl (C=O) groups excluding carboxylic acids is 4. The molecule has 25 nitrogen and oxygen atoms in total. The largest absolute Gasteiger partial charge is 0.446 e. The summed E-state index contributed by atoms with van der Waals surface area (Å²) in [6.45, 7) is 8.27. The van der Waals surface area contributed by atoms with Crippen molar-refractivity contribution in [3.05, 3.63) is 70.8 Å². The van der Waals surface area contributed by atoms with Crippen molar-refractivity contribution in [3.63, 3.8) is 0 Å². The zero-order valence-corrected chi connectivity index (χ0v) is 50.2. The first-order chi connectivity index (χ1) is 42.5. The molecule has 1 fully saturated rings. The smallest absolute Gasteiger partial charge is 0.407 e. The van der Waals surface area contributed by atoms with Gasteiger partial charge >= 0.3 is 22.2 Å². The molecule has 0 bridgehead atoms. The zero-order valence-electron chi connectivity index (χ0n) is 49.4. The van der Waals surface area contributed by atoms with Crippen LogP contribution >= 0.6 is 0 Å². The van der Waals surface area contributed by atoms with E-state index in [0.717, 1.165) is 48.8 Å². The second-order valence-corrected chi connectivity index (χ2v) is 21.1. The van der Waals surface area contributed by atoms with E-state index in [1.54, 1.807) is 12.4 Å². The van der Waals surface area contributed by atoms with Crippen molar-refractivity contribution < 1.29 is 107 Å². The van der Waals surface area contributed by atoms with Gasteiger partial charge in [0.1, 0.15) is 17.8 Å². The van der Waals surface area contributed by atoms with E-state index in [-0.39, 0.29) is 82.7 Å². The number of carbonyl (C=O) groups is 4. The van der Waals surface area contributed by atoms with Gasteiger partial charge in [0.25, 0.3) is 0 Å². The lowest BCUT2D eigenvalue weighted by atomic mass is 9.87. The molecule has 1 saturated carbocycles. The summed E-state index contributed by atoms with van der Waals surface area (Å²) in [4.78, 5) is 61.4. The number of hydrogen-bond donors (Lipinski definition) is 4. The summed E-state index contributed by atoms with van der Waals surface area (Å²) in [7, 11) is -5.65. The number of halogens is 4. The van der Waals surface area contributed by atoms with Gasteiger partial charge < -0.3 is 73.2 Å². The zero-order chi connectivity index (χ0) is 63.4. The van der Waals surface area contributed by atoms with Crippen molar-refractivity contribution in [1.29, 1.82) is 0 Å². The molecule has 3 aromatic rings. The maximum absolute atomic E-state index is 14.0. The molecule has 0 radical (unpaired) electrons. The fourth-order valence-electron chi connectivity index (χ4n) is 8.30. The summed E-state index contributed by atoms with van der Waals surface area (Å²) in [5, 5.41) is 5.62. The predicted molar refractivity (Wildman–Crippen MR) is 307 cm³/mol. The minimum Gasteiger partial charge on any atom is -0.446 e. The second kappa shape index (κ2) is 41.2. The van der Waals surface area contributed by atoms with E-state index in [9.17, 15) is 45.2 Å². The van der Waals surface area contributed by atoms with Crippen LogP contribution in [0.3, 0.4) is 0 Å². The van der Waals surface area contributed by atoms with E-state index < -0.39 is 62.5 Å². The Morgan fingerprint density at radius 2 is 1.15 bits per heavy atom. The van der Waals surface area contributed by atoms with Crippen LogP contribution in [0.5, 0.6) is 5.75 Å². The quantitative estimate of drug-likeness (QED) is 0.0127. The van der Waals surface area contributed by atoms with Gasteiger partial charge in [-0.2, -0.15) is 17.2 Å². The number of esters is 1. The maximum atomic E-state index is 14.0. The summed E-state index contributed by atoms with van der Waals surface area (Å²) in [6, 6.07) is 5.71. The molecule has 2 heterocycles. The number of fused-ring (bicyclic) bond motifs is 1. The maximum Gasteiger partial charge on any atom is 0.407 e. The molecule has 1 aliphatic carbocycles. The van der Waals surface area contributed by atoms with Crippen LogP contribution in [0.25, 0.3) is 17.2 Å². The molecule has 1 atom stereocenters. The van der Waals surface area contributed by atoms with Crippen molar-refractivity contribution in [2.24, 2.45) is 16.6 Å². The van der Waals surface area contributed by atoms with Crippen LogP contribution in [0, 0.1) is 29.2 Å². The lowest BCUT2D eigenvalue weighted by molar-refractivity contribution is -0.136. The molecule has 0 spiro atoms. The lowest BCUT2D eigenvalue weighted by Crippen LogP contribution is -2.33. The van der Waals surface area contributed by atoms with Crippen LogP contribution in [0.15, 0.2) is 46.1 Å². The Labute approximate surface area is 508 Å². The highest BCUT2D eigenvalue weighted by Crippen LogP contribution is 2.34. The Bertz CT molecular complexity index is 2790. The minimum absolute atomic E-state index is 0.0138. The van der Waals surface area contributed by atoms with Gasteiger partial charge in [-0.25, -0.2) is 28.5 Å². The SMILES string of the molecule is CCCC(CCCNC(=O)OC1CCC1)C(=O)C1=Cc2ccc(-c3cnc(CNC(=O)CCOCCOCCOCCOCCOCCOCCOCCOCCOCCOCCC(=O)Oc4c(F)c(F)c(S(=O)(=O)O)c(F)c4F)nc3)cc2N=C(N)C1. The number of benzene rings is 2. The number of nitrogens with two attached hydrogens (primary N) is 1. The third-order valence-corrected chi connectivity index (χ3v) is 13.9. The van der Waals surface area contributed by atoms with E-state index in [0.29, 0.717) is 135 Å². The van der Waals surface area contributed by atoms with Crippen LogP contribution in [0.2, 0.25) is 0 Å². The van der Waals surface area contributed by atoms with Gasteiger partial charge in [0.2, 0.25) is 23.3 Å². The van der Waals surface area contributed by atoms with E-state index in [4.69, 9.17) is 62.4 Å². The fraction of sp³-hybridized carbons (Fsp3) is 0.603. The topological polar surface area (TPSA) is 322 Å². The van der Waals surface area contributed by atoms with Gasteiger partial charge in [0, 0.05) is 54.4 Å². The summed E-state index contributed by atoms with van der Waals surface area (Å²) >= 11 is 0. The molecule has 1 aromatic heterocycles. The number of ketones is 1. The average Bonchev–Trinajstić information content (AvgIpc) is 1.87. The van der Waals surface area contributed by atoms with Crippen LogP contribution in [0.4, 0.5) is 28.0 Å². The normalized spacial score (nSPS) is 13.7. The molecule has 30 heteroatoms. The number of amides is 2. The van der Waals surface area contributed by atoms with Gasteiger partial charge in [0.05, 0.1) is 151 Å². The molecule has 2 aliphatic rings. The molecule has 490 valence electrons. The molecule has 5 N–H and O–H groups in total. The first kappa shape index (κ1) is 72.6. The number of alkyl carbamates (subject to hydrolysis) is 1. The molecule has 5 rings (SSSR count). The number of nitrogens with one attached hydrogen (secondary N) is 2. The van der Waals surface area contributed by atoms with Crippen molar-refractivity contribution in [2.75, 3.05) is 139 Å². The Balaban J connectivity index is 0.755. The number of ether oxygens (including phenoxy) is 12. The van der Waals surface area contributed by atoms with Crippen LogP contribution < -0.4 is 21.1 Å². The highest BCUT2D eigenvalue weighted by atomic mass is 32.2. The Hall–Kier alpha value is -6.16. The Morgan fingerprint density at radius 1 is 0.659 bits per heavy atom. The van der Waals surface area contributed by atoms with E-state index >= 15 is 0 Å². The highest BCUT2D eigenvalue weighted by Gasteiger charge is 2.34. The predicted octanol–water partition coefficient (Wildman–Crippen LogP) is 5.93. The van der Waals surface area contributed by atoms with Crippen LogP contribution in [-0.2, 0) is 83.2 Å². The summed E-state index contributed by atoms with van der Waals surface area (Å²) in [6.07, 6.45) is 10.4. The van der Waals surface area contributed by atoms with Gasteiger partial charge in [-0.1, -0.05) is 25.5 Å². The van der Waals surface area contributed by atoms with Crippen LogP contribution in [-0.4, -0.2) is 197 Å². The summed E-state index contributed by atoms with van der Waals surface area (Å²) in [5.41, 5.74) is 9.94. The highest BCUT2D eigenvalue weighted by molar-refractivity contribution is 7.85. The third-order valence-electron chi connectivity index (χ3n) is 13.1. The number of amidine groups is 1. The van der Waals surface area contributed by atoms with E-state index in [1.807, 2.05) is 24.3 Å². The number of rotatable bonds is 47. The van der Waals surface area contributed by atoms with E-state index in [1.165, 1.54) is 0 Å². The Morgan fingerprint density at radius 3 is 1.61 bits per heavy atom. The van der Waals surface area contributed by atoms with Gasteiger partial charge in [-0.3, -0.25) is 18.9 Å². The monoisotopic (exact) mass is 1270 g/mol. The number of Topliss-reactive ketones (excluding diaryl/α,β-unsaturated/α-hetero) is 1. The molecule has 1 aliphatic heterocycles. The first-order valence-corrected chi connectivity index (χ1v) is 30.5. The molecular formula is C58H80F4N6O19S. The second-order valence-electron chi connectivity index (χ2n) is 19.8. The van der Waals surface area contributed by atoms with Crippen molar-refractivity contribution in [2.45, 2.75) is 88.7 Å². The standard InChI is InChI=1S/C58H80F4N6O19S/c1-2-5-40(6-4-13-64-58(72)86-45-7-3-8-45)55(71)43-34-42-10-9-41(35-46(42)68-47(63)36-43)44-37-65-48(66-38-44)39-67-49(69)11-14-76-16-18-78-20-22-80-24-26-82-28-30-84-32-33-85-31-29-83-27-25-81-23-21-79-19-17-77-15-12-50(70)87-56-51(59)53(61)57(88(73,74)75)54(62)52(56)60/h9-10,34-35,37-38,40,45H,2-8,11-33,36,39H2,1H3,(H2,63,68)(H,64,72)(H,67,69)(H,73,74,75). The molecular weight excluding hydrogens is 1190 g/mol. The first-order valence-electron chi connectivity index (χ1n) is 29.1. The number of aliphatic imine (C=N–C) groups is 1. The Kier molecular flexibility index (Phi) is 34.0. The molecule has 88 heavy (non-hydrogen) atoms. The number of aromatic nitrogens is 2. The molecule has 2 aromatic carbocycles. The van der Waals surface area contributed by atoms with E-state index in [2.05, 4.69) is 37.3 Å². The summed E-state index contributed by atoms with van der Waals surface area (Å²) < 4.78 is 150. The van der Waals surface area contributed by atoms with Crippen LogP contribution in [0.1, 0.15) is 82.5 Å². The molecule has 2 amide bonds. The minimum atomic E-state index is -5.65. The molecule has 1 unspecified atom stereocenters. The third kappa shape index (κ3) is 27.3. The van der Waals surface area contributed by atoms with Crippen molar-refractivity contribution in [1.82, 2.24) is 20.6 Å². The molecule has 0 saturated heterocycles. The number of nitrogens with zero attached hydrogens (tertiary/aromatic N) is 3.